The summed E-state index contributed by atoms with van der Waals surface area (Å²) in [5, 5.41) is 0. The van der Waals surface area contributed by atoms with Crippen LogP contribution < -0.4 is 0 Å². The zero-order chi connectivity index (χ0) is 13.5. The van der Waals surface area contributed by atoms with Crippen LogP contribution in [0.5, 0.6) is 0 Å². The van der Waals surface area contributed by atoms with Gasteiger partial charge >= 0.3 is 5.97 Å². The van der Waals surface area contributed by atoms with E-state index in [0.29, 0.717) is 12.2 Å². The molecule has 1 rings (SSSR count). The number of esters is 1. The van der Waals surface area contributed by atoms with E-state index in [1.165, 1.54) is 25.7 Å². The van der Waals surface area contributed by atoms with E-state index in [0.717, 1.165) is 18.3 Å². The molecule has 0 aromatic heterocycles. The van der Waals surface area contributed by atoms with E-state index >= 15 is 0 Å². The van der Waals surface area contributed by atoms with Crippen LogP contribution in [-0.2, 0) is 14.3 Å². The molecule has 0 aromatic carbocycles. The molecule has 0 amide bonds. The van der Waals surface area contributed by atoms with Gasteiger partial charge in [-0.1, -0.05) is 26.3 Å². The summed E-state index contributed by atoms with van der Waals surface area (Å²) in [7, 11) is 0. The lowest BCUT2D eigenvalue weighted by molar-refractivity contribution is -0.170. The molecule has 0 aromatic rings. The van der Waals surface area contributed by atoms with Gasteiger partial charge in [-0.15, -0.1) is 0 Å². The maximum absolute atomic E-state index is 11.2. The Morgan fingerprint density at radius 1 is 1.44 bits per heavy atom. The van der Waals surface area contributed by atoms with E-state index in [1.54, 1.807) is 13.8 Å². The largest absolute Gasteiger partial charge is 0.433 e. The van der Waals surface area contributed by atoms with Crippen LogP contribution in [0.3, 0.4) is 0 Å². The van der Waals surface area contributed by atoms with Crippen molar-refractivity contribution in [3.63, 3.8) is 0 Å². The number of carbonyl (C=O) groups excluding carboxylic acids is 1. The van der Waals surface area contributed by atoms with Crippen molar-refractivity contribution in [2.45, 2.75) is 59.2 Å². The number of ether oxygens (including phenoxy) is 2. The standard InChI is InChI=1S/C15H26O3/c1-11(2)15(16)18-13(4)17-9-5-6-14-8-7-12(3)10-14/h12-14H,1,5-10H2,2-4H3. The first-order chi connectivity index (χ1) is 8.49. The molecule has 0 bridgehead atoms. The van der Waals surface area contributed by atoms with Crippen molar-refractivity contribution in [3.05, 3.63) is 12.2 Å². The predicted molar refractivity (Wildman–Crippen MR) is 72.1 cm³/mol. The van der Waals surface area contributed by atoms with Crippen molar-refractivity contribution >= 4 is 5.97 Å². The minimum atomic E-state index is -0.475. The SMILES string of the molecule is C=C(C)C(=O)OC(C)OCCCC1CCC(C)C1. The van der Waals surface area contributed by atoms with Crippen LogP contribution in [0.4, 0.5) is 0 Å². The van der Waals surface area contributed by atoms with Crippen LogP contribution in [0, 0.1) is 11.8 Å². The second kappa shape index (κ2) is 7.57. The van der Waals surface area contributed by atoms with Gasteiger partial charge in [0, 0.05) is 5.57 Å². The first-order valence-corrected chi connectivity index (χ1v) is 6.97. The lowest BCUT2D eigenvalue weighted by Crippen LogP contribution is -2.19. The van der Waals surface area contributed by atoms with Gasteiger partial charge in [0.2, 0.25) is 0 Å². The molecule has 1 aliphatic rings. The van der Waals surface area contributed by atoms with Gasteiger partial charge in [-0.25, -0.2) is 4.79 Å². The molecule has 104 valence electrons. The Kier molecular flexibility index (Phi) is 6.41. The van der Waals surface area contributed by atoms with Crippen molar-refractivity contribution in [1.82, 2.24) is 0 Å². The second-order valence-corrected chi connectivity index (χ2v) is 5.55. The number of carbonyl (C=O) groups is 1. The van der Waals surface area contributed by atoms with Gasteiger partial charge in [0.25, 0.3) is 0 Å². The third-order valence-corrected chi connectivity index (χ3v) is 3.53. The third kappa shape index (κ3) is 5.67. The Morgan fingerprint density at radius 3 is 2.72 bits per heavy atom. The first-order valence-electron chi connectivity index (χ1n) is 6.97. The quantitative estimate of drug-likeness (QED) is 0.301. The fourth-order valence-electron chi connectivity index (χ4n) is 2.49. The van der Waals surface area contributed by atoms with Crippen LogP contribution in [0.2, 0.25) is 0 Å². The molecule has 3 nitrogen and oxygen atoms in total. The molecule has 0 N–H and O–H groups in total. The van der Waals surface area contributed by atoms with Gasteiger partial charge in [-0.2, -0.15) is 0 Å². The molecule has 3 unspecified atom stereocenters. The Bertz CT molecular complexity index is 285. The highest BCUT2D eigenvalue weighted by molar-refractivity contribution is 5.86. The smallest absolute Gasteiger partial charge is 0.335 e. The Hall–Kier alpha value is -0.830. The molecule has 0 radical (unpaired) electrons. The molecular weight excluding hydrogens is 228 g/mol. The molecule has 1 fully saturated rings. The molecular formula is C15H26O3. The average Bonchev–Trinajstić information content (AvgIpc) is 2.70. The van der Waals surface area contributed by atoms with Gasteiger partial charge in [0.1, 0.15) is 0 Å². The van der Waals surface area contributed by atoms with E-state index in [9.17, 15) is 4.79 Å². The van der Waals surface area contributed by atoms with Gasteiger partial charge in [0.15, 0.2) is 6.29 Å². The van der Waals surface area contributed by atoms with Gasteiger partial charge in [0.05, 0.1) is 6.61 Å². The van der Waals surface area contributed by atoms with E-state index in [-0.39, 0.29) is 5.97 Å². The summed E-state index contributed by atoms with van der Waals surface area (Å²) in [6.45, 7) is 9.91. The summed E-state index contributed by atoms with van der Waals surface area (Å²) in [6, 6.07) is 0. The number of hydrogen-bond donors (Lipinski definition) is 0. The second-order valence-electron chi connectivity index (χ2n) is 5.55. The van der Waals surface area contributed by atoms with Crippen LogP contribution >= 0.6 is 0 Å². The highest BCUT2D eigenvalue weighted by atomic mass is 16.7. The molecule has 0 spiro atoms. The summed E-state index contributed by atoms with van der Waals surface area (Å²) in [5.74, 6) is 1.38. The van der Waals surface area contributed by atoms with Crippen LogP contribution in [0.25, 0.3) is 0 Å². The Morgan fingerprint density at radius 2 is 2.17 bits per heavy atom. The summed E-state index contributed by atoms with van der Waals surface area (Å²) < 4.78 is 10.5. The minimum Gasteiger partial charge on any atom is -0.433 e. The normalized spacial score (nSPS) is 24.8. The molecule has 0 saturated heterocycles. The molecule has 0 aliphatic heterocycles. The zero-order valence-corrected chi connectivity index (χ0v) is 11.9. The van der Waals surface area contributed by atoms with Crippen LogP contribution in [0.1, 0.15) is 52.9 Å². The van der Waals surface area contributed by atoms with Crippen LogP contribution in [0.15, 0.2) is 12.2 Å². The number of rotatable bonds is 7. The van der Waals surface area contributed by atoms with E-state index in [4.69, 9.17) is 9.47 Å². The van der Waals surface area contributed by atoms with Crippen LogP contribution in [-0.4, -0.2) is 18.9 Å². The Labute approximate surface area is 111 Å². The van der Waals surface area contributed by atoms with Gasteiger partial charge in [-0.3, -0.25) is 0 Å². The fraction of sp³-hybridized carbons (Fsp3) is 0.800. The topological polar surface area (TPSA) is 35.5 Å². The van der Waals surface area contributed by atoms with Crippen molar-refractivity contribution in [1.29, 1.82) is 0 Å². The summed E-state index contributed by atoms with van der Waals surface area (Å²) in [4.78, 5) is 11.2. The van der Waals surface area contributed by atoms with Gasteiger partial charge in [-0.05, 0) is 44.9 Å². The zero-order valence-electron chi connectivity index (χ0n) is 11.9. The average molecular weight is 254 g/mol. The fourth-order valence-corrected chi connectivity index (χ4v) is 2.49. The summed E-state index contributed by atoms with van der Waals surface area (Å²) >= 11 is 0. The molecule has 3 atom stereocenters. The minimum absolute atomic E-state index is 0.382. The van der Waals surface area contributed by atoms with Gasteiger partial charge < -0.3 is 9.47 Å². The Balaban J connectivity index is 2.03. The van der Waals surface area contributed by atoms with Crippen molar-refractivity contribution in [3.8, 4) is 0 Å². The number of hydrogen-bond acceptors (Lipinski definition) is 3. The van der Waals surface area contributed by atoms with Crippen molar-refractivity contribution < 1.29 is 14.3 Å². The molecule has 3 heteroatoms. The van der Waals surface area contributed by atoms with E-state index < -0.39 is 6.29 Å². The maximum atomic E-state index is 11.2. The highest BCUT2D eigenvalue weighted by Crippen LogP contribution is 2.33. The maximum Gasteiger partial charge on any atom is 0.335 e. The molecule has 1 saturated carbocycles. The lowest BCUT2D eigenvalue weighted by atomic mass is 10.0. The van der Waals surface area contributed by atoms with Crippen molar-refractivity contribution in [2.24, 2.45) is 11.8 Å². The third-order valence-electron chi connectivity index (χ3n) is 3.53. The molecule has 1 aliphatic carbocycles. The van der Waals surface area contributed by atoms with Crippen molar-refractivity contribution in [2.75, 3.05) is 6.61 Å². The van der Waals surface area contributed by atoms with E-state index in [2.05, 4.69) is 13.5 Å². The first kappa shape index (κ1) is 15.2. The predicted octanol–water partition coefficient (Wildman–Crippen LogP) is 3.68. The lowest BCUT2D eigenvalue weighted by Gasteiger charge is -2.15. The van der Waals surface area contributed by atoms with E-state index in [1.807, 2.05) is 0 Å². The highest BCUT2D eigenvalue weighted by Gasteiger charge is 2.20. The molecule has 18 heavy (non-hydrogen) atoms. The summed E-state index contributed by atoms with van der Waals surface area (Å²) in [6.07, 6.45) is 5.90. The molecule has 0 heterocycles. The summed E-state index contributed by atoms with van der Waals surface area (Å²) in [5.41, 5.74) is 0.408. The monoisotopic (exact) mass is 254 g/mol.